The lowest BCUT2D eigenvalue weighted by Gasteiger charge is -2.41. The predicted octanol–water partition coefficient (Wildman–Crippen LogP) is 5.59. The Morgan fingerprint density at radius 3 is 1.93 bits per heavy atom. The third kappa shape index (κ3) is 2.15. The van der Waals surface area contributed by atoms with Crippen molar-refractivity contribution in [3.05, 3.63) is 160 Å². The molecule has 0 N–H and O–H groups in total. The summed E-state index contributed by atoms with van der Waals surface area (Å²) < 4.78 is 4.20. The zero-order valence-corrected chi connectivity index (χ0v) is 21.5. The van der Waals surface area contributed by atoms with E-state index in [0.29, 0.717) is 0 Å². The summed E-state index contributed by atoms with van der Waals surface area (Å²) in [6, 6.07) is 45.7. The molecule has 2 aliphatic heterocycles. The summed E-state index contributed by atoms with van der Waals surface area (Å²) in [5.41, 5.74) is 11.9. The Hall–Kier alpha value is -5.09. The van der Waals surface area contributed by atoms with Gasteiger partial charge >= 0.3 is 6.85 Å². The molecule has 7 aromatic rings. The van der Waals surface area contributed by atoms with E-state index in [-0.39, 0.29) is 12.4 Å². The van der Waals surface area contributed by atoms with Gasteiger partial charge in [0.1, 0.15) is 0 Å². The van der Waals surface area contributed by atoms with Crippen LogP contribution in [0.25, 0.3) is 38.5 Å². The minimum atomic E-state index is -0.443. The highest BCUT2D eigenvalue weighted by Gasteiger charge is 2.55. The largest absolute Gasteiger partial charge is 0.354 e. The number of rotatable bonds is 0. The Bertz CT molecular complexity index is 2280. The SMILES string of the molecule is O=c1c2cc3ccccc3cc2n2n1B1c3ccccc3C3(c4ccccc4-c4ccccc43)c3cccc-2c31. The average Bonchev–Trinajstić information content (AvgIpc) is 3.61. The molecule has 3 aliphatic rings. The normalized spacial score (nSPS) is 14.8. The Morgan fingerprint density at radius 2 is 1.18 bits per heavy atom. The van der Waals surface area contributed by atoms with E-state index in [9.17, 15) is 4.79 Å². The summed E-state index contributed by atoms with van der Waals surface area (Å²) in [5, 5.41) is 3.00. The third-order valence-corrected chi connectivity index (χ3v) is 9.59. The third-order valence-electron chi connectivity index (χ3n) is 9.59. The zero-order valence-electron chi connectivity index (χ0n) is 21.5. The van der Waals surface area contributed by atoms with Gasteiger partial charge in [0.2, 0.25) is 0 Å². The van der Waals surface area contributed by atoms with Gasteiger partial charge in [0.05, 0.1) is 22.0 Å². The van der Waals surface area contributed by atoms with Crippen molar-refractivity contribution >= 4 is 39.4 Å². The van der Waals surface area contributed by atoms with Gasteiger partial charge in [0.25, 0.3) is 5.56 Å². The number of fused-ring (bicyclic) bond motifs is 15. The highest BCUT2D eigenvalue weighted by Crippen LogP contribution is 2.56. The van der Waals surface area contributed by atoms with Gasteiger partial charge in [-0.1, -0.05) is 109 Å². The van der Waals surface area contributed by atoms with E-state index in [4.69, 9.17) is 0 Å². The van der Waals surface area contributed by atoms with E-state index in [1.165, 1.54) is 44.3 Å². The van der Waals surface area contributed by atoms with Crippen molar-refractivity contribution in [1.29, 1.82) is 0 Å². The van der Waals surface area contributed by atoms with Gasteiger partial charge in [0.15, 0.2) is 0 Å². The standard InChI is InChI=1S/C36H21BN2O/c40-35-26-20-22-10-1-2-11-23(22)21-33(26)38-32-19-9-17-30-34(32)37(39(35)38)31-18-8-7-16-29(31)36(30)27-14-5-3-12-24(27)25-13-4-6-15-28(25)36/h1-21H. The Balaban J connectivity index is 1.41. The van der Waals surface area contributed by atoms with Gasteiger partial charge < -0.3 is 0 Å². The maximum atomic E-state index is 14.3. The summed E-state index contributed by atoms with van der Waals surface area (Å²) in [6.07, 6.45) is 0. The maximum Gasteiger partial charge on any atom is 0.354 e. The van der Waals surface area contributed by atoms with Crippen molar-refractivity contribution < 1.29 is 0 Å². The van der Waals surface area contributed by atoms with E-state index in [2.05, 4.69) is 126 Å². The van der Waals surface area contributed by atoms with Crippen LogP contribution in [0.4, 0.5) is 0 Å². The van der Waals surface area contributed by atoms with Gasteiger partial charge in [-0.2, -0.15) is 0 Å². The Morgan fingerprint density at radius 1 is 0.575 bits per heavy atom. The molecular weight excluding hydrogens is 487 g/mol. The fourth-order valence-corrected chi connectivity index (χ4v) is 8.18. The second-order valence-corrected chi connectivity index (χ2v) is 11.2. The molecule has 0 atom stereocenters. The summed E-state index contributed by atoms with van der Waals surface area (Å²) in [5.74, 6) is 0. The summed E-state index contributed by atoms with van der Waals surface area (Å²) in [4.78, 5) is 14.3. The van der Waals surface area contributed by atoms with Crippen LogP contribution in [0.2, 0.25) is 0 Å². The van der Waals surface area contributed by atoms with Crippen LogP contribution in [-0.4, -0.2) is 16.1 Å². The fourth-order valence-electron chi connectivity index (χ4n) is 8.18. The first-order valence-electron chi connectivity index (χ1n) is 13.9. The molecule has 10 rings (SSSR count). The van der Waals surface area contributed by atoms with E-state index in [1.54, 1.807) is 0 Å². The molecule has 184 valence electrons. The van der Waals surface area contributed by atoms with Crippen molar-refractivity contribution in [2.75, 3.05) is 0 Å². The number of aromatic nitrogens is 2. The number of nitrogens with zero attached hydrogens (tertiary/aromatic N) is 2. The van der Waals surface area contributed by atoms with Crippen molar-refractivity contribution in [3.63, 3.8) is 0 Å². The molecule has 4 heteroatoms. The molecule has 6 aromatic carbocycles. The molecular formula is C36H21BN2O. The van der Waals surface area contributed by atoms with Crippen LogP contribution in [0.5, 0.6) is 0 Å². The Labute approximate surface area is 230 Å². The minimum absolute atomic E-state index is 0.0610. The van der Waals surface area contributed by atoms with E-state index >= 15 is 0 Å². The van der Waals surface area contributed by atoms with Crippen LogP contribution in [0.15, 0.2) is 132 Å². The molecule has 1 spiro atoms. The van der Waals surface area contributed by atoms with Gasteiger partial charge in [-0.3, -0.25) is 14.1 Å². The van der Waals surface area contributed by atoms with Crippen LogP contribution < -0.4 is 16.5 Å². The van der Waals surface area contributed by atoms with E-state index in [1.807, 2.05) is 10.7 Å². The van der Waals surface area contributed by atoms with Crippen molar-refractivity contribution in [1.82, 2.24) is 9.27 Å². The average molecular weight is 508 g/mol. The molecule has 1 aromatic heterocycles. The predicted molar refractivity (Wildman–Crippen MR) is 163 cm³/mol. The molecule has 1 aliphatic carbocycles. The topological polar surface area (TPSA) is 26.9 Å². The number of hydrogen-bond acceptors (Lipinski definition) is 1. The van der Waals surface area contributed by atoms with Crippen LogP contribution >= 0.6 is 0 Å². The van der Waals surface area contributed by atoms with Crippen LogP contribution in [0, 0.1) is 0 Å². The lowest BCUT2D eigenvalue weighted by Crippen LogP contribution is -2.59. The highest BCUT2D eigenvalue weighted by molar-refractivity contribution is 6.87. The molecule has 0 bridgehead atoms. The smallest absolute Gasteiger partial charge is 0.281 e. The quantitative estimate of drug-likeness (QED) is 0.246. The molecule has 40 heavy (non-hydrogen) atoms. The Kier molecular flexibility index (Phi) is 3.60. The maximum absolute atomic E-state index is 14.3. The van der Waals surface area contributed by atoms with E-state index < -0.39 is 5.41 Å². The first-order chi connectivity index (χ1) is 19.8. The summed E-state index contributed by atoms with van der Waals surface area (Å²) in [6.45, 7) is -0.184. The van der Waals surface area contributed by atoms with Crippen LogP contribution in [0.1, 0.15) is 22.3 Å². The molecule has 0 saturated carbocycles. The summed E-state index contributed by atoms with van der Waals surface area (Å²) in [7, 11) is 0. The second kappa shape index (κ2) is 6.91. The van der Waals surface area contributed by atoms with Gasteiger partial charge in [-0.25, -0.2) is 0 Å². The van der Waals surface area contributed by atoms with E-state index in [0.717, 1.165) is 27.4 Å². The van der Waals surface area contributed by atoms with Crippen LogP contribution in [-0.2, 0) is 5.41 Å². The van der Waals surface area contributed by atoms with Gasteiger partial charge in [-0.05, 0) is 73.3 Å². The van der Waals surface area contributed by atoms with Crippen LogP contribution in [0.3, 0.4) is 0 Å². The lowest BCUT2D eigenvalue weighted by atomic mass is 9.41. The monoisotopic (exact) mass is 508 g/mol. The second-order valence-electron chi connectivity index (χ2n) is 11.2. The first kappa shape index (κ1) is 20.8. The first-order valence-corrected chi connectivity index (χ1v) is 13.9. The lowest BCUT2D eigenvalue weighted by molar-refractivity contribution is 0.774. The molecule has 0 radical (unpaired) electrons. The molecule has 0 fully saturated rings. The molecule has 3 heterocycles. The van der Waals surface area contributed by atoms with Gasteiger partial charge in [0, 0.05) is 0 Å². The van der Waals surface area contributed by atoms with Crippen molar-refractivity contribution in [2.45, 2.75) is 5.41 Å². The zero-order chi connectivity index (χ0) is 26.2. The van der Waals surface area contributed by atoms with Crippen molar-refractivity contribution in [3.8, 4) is 16.8 Å². The number of hydrogen-bond donors (Lipinski definition) is 0. The molecule has 0 saturated heterocycles. The van der Waals surface area contributed by atoms with Gasteiger partial charge in [-0.15, -0.1) is 0 Å². The highest BCUT2D eigenvalue weighted by atomic mass is 16.1. The molecule has 0 amide bonds. The summed E-state index contributed by atoms with van der Waals surface area (Å²) >= 11 is 0. The van der Waals surface area contributed by atoms with Crippen molar-refractivity contribution in [2.24, 2.45) is 0 Å². The molecule has 0 unspecified atom stereocenters. The number of benzene rings is 6. The fraction of sp³-hybridized carbons (Fsp3) is 0.0278. The molecule has 3 nitrogen and oxygen atoms in total. The minimum Gasteiger partial charge on any atom is -0.281 e.